The quantitative estimate of drug-likeness (QED) is 0.838. The van der Waals surface area contributed by atoms with Gasteiger partial charge in [0.2, 0.25) is 10.0 Å². The van der Waals surface area contributed by atoms with Crippen LogP contribution in [0, 0.1) is 0 Å². The van der Waals surface area contributed by atoms with Gasteiger partial charge < -0.3 is 0 Å². The summed E-state index contributed by atoms with van der Waals surface area (Å²) in [6, 6.07) is 7.07. The van der Waals surface area contributed by atoms with Gasteiger partial charge in [-0.1, -0.05) is 39.0 Å². The van der Waals surface area contributed by atoms with Crippen molar-refractivity contribution in [3.63, 3.8) is 0 Å². The number of benzene rings is 1. The number of rotatable bonds is 2. The van der Waals surface area contributed by atoms with Gasteiger partial charge in [0.15, 0.2) is 0 Å². The number of hydrogen-bond acceptors (Lipinski definition) is 2. The van der Waals surface area contributed by atoms with Gasteiger partial charge in [0, 0.05) is 0 Å². The van der Waals surface area contributed by atoms with Crippen LogP contribution in [0.1, 0.15) is 26.3 Å². The van der Waals surface area contributed by atoms with Crippen LogP contribution in [-0.4, -0.2) is 15.5 Å². The lowest BCUT2D eigenvalue weighted by molar-refractivity contribution is 0.558. The summed E-state index contributed by atoms with van der Waals surface area (Å²) in [5.74, 6) is 0. The molecule has 0 amide bonds. The molecule has 0 unspecified atom stereocenters. The Bertz CT molecular complexity index is 444. The van der Waals surface area contributed by atoms with E-state index in [9.17, 15) is 8.42 Å². The molecule has 0 radical (unpaired) electrons. The Balaban J connectivity index is 3.45. The number of sulfonamides is 1. The molecule has 84 valence electrons. The second kappa shape index (κ2) is 3.94. The first-order chi connectivity index (χ1) is 6.79. The minimum absolute atomic E-state index is 0.180. The monoisotopic (exact) mass is 227 g/mol. The summed E-state index contributed by atoms with van der Waals surface area (Å²) in [4.78, 5) is 0.361. The predicted octanol–water partition coefficient (Wildman–Crippen LogP) is 1.89. The SMILES string of the molecule is CNS(=O)(=O)c1ccccc1C(C)(C)C. The third-order valence-electron chi connectivity index (χ3n) is 2.25. The second-order valence-electron chi connectivity index (χ2n) is 4.45. The van der Waals surface area contributed by atoms with E-state index < -0.39 is 10.0 Å². The minimum atomic E-state index is -3.36. The van der Waals surface area contributed by atoms with Crippen molar-refractivity contribution in [2.75, 3.05) is 7.05 Å². The zero-order valence-electron chi connectivity index (χ0n) is 9.53. The van der Waals surface area contributed by atoms with Gasteiger partial charge in [0.05, 0.1) is 4.90 Å². The third-order valence-corrected chi connectivity index (χ3v) is 3.73. The van der Waals surface area contributed by atoms with E-state index in [1.54, 1.807) is 12.1 Å². The molecule has 0 spiro atoms. The average molecular weight is 227 g/mol. The van der Waals surface area contributed by atoms with Gasteiger partial charge in [0.25, 0.3) is 0 Å². The van der Waals surface area contributed by atoms with Crippen molar-refractivity contribution in [1.82, 2.24) is 4.72 Å². The maximum atomic E-state index is 11.8. The minimum Gasteiger partial charge on any atom is -0.214 e. The Morgan fingerprint density at radius 1 is 1.13 bits per heavy atom. The topological polar surface area (TPSA) is 46.2 Å². The molecular formula is C11H17NO2S. The summed E-state index contributed by atoms with van der Waals surface area (Å²) >= 11 is 0. The van der Waals surface area contributed by atoms with Crippen LogP contribution < -0.4 is 4.72 Å². The zero-order valence-corrected chi connectivity index (χ0v) is 10.4. The van der Waals surface area contributed by atoms with Crippen molar-refractivity contribution >= 4 is 10.0 Å². The Labute approximate surface area is 91.6 Å². The Morgan fingerprint density at radius 2 is 1.67 bits per heavy atom. The molecule has 1 aromatic rings. The molecule has 0 aliphatic rings. The summed E-state index contributed by atoms with van der Waals surface area (Å²) in [6.07, 6.45) is 0. The molecule has 0 fully saturated rings. The molecular weight excluding hydrogens is 210 g/mol. The van der Waals surface area contributed by atoms with E-state index in [4.69, 9.17) is 0 Å². The van der Waals surface area contributed by atoms with E-state index >= 15 is 0 Å². The van der Waals surface area contributed by atoms with Crippen LogP contribution >= 0.6 is 0 Å². The van der Waals surface area contributed by atoms with Crippen molar-refractivity contribution in [2.45, 2.75) is 31.1 Å². The summed E-state index contributed by atoms with van der Waals surface area (Å²) in [5, 5.41) is 0. The highest BCUT2D eigenvalue weighted by Crippen LogP contribution is 2.28. The first kappa shape index (κ1) is 12.2. The van der Waals surface area contributed by atoms with Crippen molar-refractivity contribution in [2.24, 2.45) is 0 Å². The maximum Gasteiger partial charge on any atom is 0.240 e. The summed E-state index contributed by atoms with van der Waals surface area (Å²) in [7, 11) is -1.94. The van der Waals surface area contributed by atoms with E-state index in [1.807, 2.05) is 32.9 Å². The van der Waals surface area contributed by atoms with E-state index in [-0.39, 0.29) is 5.41 Å². The fraction of sp³-hybridized carbons (Fsp3) is 0.455. The van der Waals surface area contributed by atoms with Crippen LogP contribution in [0.25, 0.3) is 0 Å². The van der Waals surface area contributed by atoms with Gasteiger partial charge in [-0.2, -0.15) is 0 Å². The fourth-order valence-electron chi connectivity index (χ4n) is 1.43. The molecule has 0 saturated heterocycles. The standard InChI is InChI=1S/C11H17NO2S/c1-11(2,3)9-7-5-6-8-10(9)15(13,14)12-4/h5-8,12H,1-4H3. The lowest BCUT2D eigenvalue weighted by atomic mass is 9.87. The van der Waals surface area contributed by atoms with Crippen molar-refractivity contribution in [1.29, 1.82) is 0 Å². The van der Waals surface area contributed by atoms with Gasteiger partial charge >= 0.3 is 0 Å². The van der Waals surface area contributed by atoms with Gasteiger partial charge in [-0.25, -0.2) is 13.1 Å². The predicted molar refractivity (Wildman–Crippen MR) is 61.4 cm³/mol. The van der Waals surface area contributed by atoms with E-state index in [0.29, 0.717) is 4.90 Å². The lowest BCUT2D eigenvalue weighted by Crippen LogP contribution is -2.24. The number of nitrogens with one attached hydrogen (secondary N) is 1. The number of hydrogen-bond donors (Lipinski definition) is 1. The van der Waals surface area contributed by atoms with Crippen molar-refractivity contribution < 1.29 is 8.42 Å². The first-order valence-corrected chi connectivity index (χ1v) is 6.30. The molecule has 0 aliphatic heterocycles. The Morgan fingerprint density at radius 3 is 2.13 bits per heavy atom. The molecule has 0 bridgehead atoms. The molecule has 1 aromatic carbocycles. The fourth-order valence-corrected chi connectivity index (χ4v) is 2.57. The summed E-state index contributed by atoms with van der Waals surface area (Å²) < 4.78 is 25.9. The van der Waals surface area contributed by atoms with Crippen LogP contribution in [0.3, 0.4) is 0 Å². The van der Waals surface area contributed by atoms with E-state index in [2.05, 4.69) is 4.72 Å². The lowest BCUT2D eigenvalue weighted by Gasteiger charge is -2.22. The van der Waals surface area contributed by atoms with Crippen LogP contribution in [0.5, 0.6) is 0 Å². The van der Waals surface area contributed by atoms with Gasteiger partial charge in [-0.05, 0) is 24.1 Å². The normalized spacial score (nSPS) is 12.8. The summed E-state index contributed by atoms with van der Waals surface area (Å²) in [5.41, 5.74) is 0.653. The van der Waals surface area contributed by atoms with Crippen LogP contribution in [0.2, 0.25) is 0 Å². The smallest absolute Gasteiger partial charge is 0.214 e. The highest BCUT2D eigenvalue weighted by Gasteiger charge is 2.23. The zero-order chi connectivity index (χ0) is 11.7. The van der Waals surface area contributed by atoms with Crippen molar-refractivity contribution in [3.05, 3.63) is 29.8 Å². The molecule has 0 aliphatic carbocycles. The summed E-state index contributed by atoms with van der Waals surface area (Å²) in [6.45, 7) is 5.99. The molecule has 0 heterocycles. The van der Waals surface area contributed by atoms with Crippen molar-refractivity contribution in [3.8, 4) is 0 Å². The Hall–Kier alpha value is -0.870. The van der Waals surface area contributed by atoms with Gasteiger partial charge in [-0.3, -0.25) is 0 Å². The molecule has 3 nitrogen and oxygen atoms in total. The molecule has 4 heteroatoms. The molecule has 1 rings (SSSR count). The van der Waals surface area contributed by atoms with E-state index in [0.717, 1.165) is 5.56 Å². The highest BCUT2D eigenvalue weighted by molar-refractivity contribution is 7.89. The molecule has 0 saturated carbocycles. The van der Waals surface area contributed by atoms with E-state index in [1.165, 1.54) is 7.05 Å². The average Bonchev–Trinajstić information content (AvgIpc) is 2.16. The molecule has 0 atom stereocenters. The largest absolute Gasteiger partial charge is 0.240 e. The third kappa shape index (κ3) is 2.58. The molecule has 0 aromatic heterocycles. The Kier molecular flexibility index (Phi) is 3.21. The van der Waals surface area contributed by atoms with Gasteiger partial charge in [0.1, 0.15) is 0 Å². The van der Waals surface area contributed by atoms with Crippen LogP contribution in [0.15, 0.2) is 29.2 Å². The van der Waals surface area contributed by atoms with Gasteiger partial charge in [-0.15, -0.1) is 0 Å². The highest BCUT2D eigenvalue weighted by atomic mass is 32.2. The second-order valence-corrected chi connectivity index (χ2v) is 6.31. The maximum absolute atomic E-state index is 11.8. The molecule has 15 heavy (non-hydrogen) atoms. The molecule has 1 N–H and O–H groups in total. The van der Waals surface area contributed by atoms with Crippen LogP contribution in [-0.2, 0) is 15.4 Å². The first-order valence-electron chi connectivity index (χ1n) is 4.82. The van der Waals surface area contributed by atoms with Crippen LogP contribution in [0.4, 0.5) is 0 Å².